The smallest absolute Gasteiger partial charge is 0.340 e. The van der Waals surface area contributed by atoms with Crippen LogP contribution < -0.4 is 4.90 Å². The zero-order valence-corrected chi connectivity index (χ0v) is 18.4. The number of imide groups is 1. The van der Waals surface area contributed by atoms with E-state index in [1.807, 2.05) is 24.3 Å². The Morgan fingerprint density at radius 1 is 0.879 bits per heavy atom. The lowest BCUT2D eigenvalue weighted by molar-refractivity contribution is -0.123. The molecule has 3 aromatic rings. The van der Waals surface area contributed by atoms with Crippen molar-refractivity contribution in [1.82, 2.24) is 0 Å². The summed E-state index contributed by atoms with van der Waals surface area (Å²) in [5, 5.41) is 0. The molecule has 0 N–H and O–H groups in total. The number of hydrogen-bond donors (Lipinski definition) is 0. The van der Waals surface area contributed by atoms with Crippen LogP contribution in [0.2, 0.25) is 0 Å². The standard InChI is InChI=1S/C28H23NO4/c1-3-33-27(32)18-12-6-9-15-21(18)29-25(30)23-22-16-10-4-7-13-19(16)28(2,24(23)26(29)31)20-14-8-5-11-17(20)22/h4-15,22-24H,3H2,1-2H3/t22?,23-,24+,28?/m0/s1. The van der Waals surface area contributed by atoms with Gasteiger partial charge >= 0.3 is 5.97 Å². The van der Waals surface area contributed by atoms with Crippen molar-refractivity contribution in [3.63, 3.8) is 0 Å². The average Bonchev–Trinajstić information content (AvgIpc) is 3.11. The highest BCUT2D eigenvalue weighted by molar-refractivity contribution is 6.25. The van der Waals surface area contributed by atoms with Crippen molar-refractivity contribution in [2.45, 2.75) is 25.2 Å². The number of carbonyl (C=O) groups excluding carboxylic acids is 3. The summed E-state index contributed by atoms with van der Waals surface area (Å²) in [6.07, 6.45) is 0. The van der Waals surface area contributed by atoms with Crippen LogP contribution in [0.3, 0.4) is 0 Å². The topological polar surface area (TPSA) is 63.7 Å². The minimum atomic E-state index is -0.632. The average molecular weight is 437 g/mol. The van der Waals surface area contributed by atoms with E-state index in [9.17, 15) is 14.4 Å². The molecule has 1 aliphatic heterocycles. The van der Waals surface area contributed by atoms with Crippen LogP contribution in [-0.4, -0.2) is 24.4 Å². The second-order valence-corrected chi connectivity index (χ2v) is 9.11. The Labute approximate surface area is 192 Å². The molecule has 0 saturated carbocycles. The van der Waals surface area contributed by atoms with Crippen LogP contribution in [0.5, 0.6) is 0 Å². The monoisotopic (exact) mass is 437 g/mol. The molecule has 3 aromatic carbocycles. The summed E-state index contributed by atoms with van der Waals surface area (Å²) in [7, 11) is 0. The van der Waals surface area contributed by atoms with Gasteiger partial charge in [-0.1, -0.05) is 67.6 Å². The van der Waals surface area contributed by atoms with Crippen LogP contribution >= 0.6 is 0 Å². The van der Waals surface area contributed by atoms with Gasteiger partial charge in [0.05, 0.1) is 29.7 Å². The van der Waals surface area contributed by atoms with Crippen LogP contribution in [0.1, 0.15) is 52.4 Å². The minimum Gasteiger partial charge on any atom is -0.462 e. The van der Waals surface area contributed by atoms with Crippen molar-refractivity contribution in [3.05, 3.63) is 101 Å². The van der Waals surface area contributed by atoms with Crippen molar-refractivity contribution >= 4 is 23.5 Å². The highest BCUT2D eigenvalue weighted by Gasteiger charge is 2.66. The van der Waals surface area contributed by atoms with Gasteiger partial charge in [-0.2, -0.15) is 0 Å². The van der Waals surface area contributed by atoms with Crippen LogP contribution in [0.25, 0.3) is 0 Å². The van der Waals surface area contributed by atoms with Crippen LogP contribution in [0.15, 0.2) is 72.8 Å². The summed E-state index contributed by atoms with van der Waals surface area (Å²) in [6.45, 7) is 4.03. The maximum atomic E-state index is 14.1. The number of amides is 2. The largest absolute Gasteiger partial charge is 0.462 e. The molecule has 1 fully saturated rings. The Bertz CT molecular complexity index is 1300. The molecule has 3 aliphatic carbocycles. The number of carbonyl (C=O) groups is 3. The molecule has 164 valence electrons. The molecule has 33 heavy (non-hydrogen) atoms. The Hall–Kier alpha value is -3.73. The fraction of sp³-hybridized carbons (Fsp3) is 0.250. The number of esters is 1. The highest BCUT2D eigenvalue weighted by atomic mass is 16.5. The van der Waals surface area contributed by atoms with Crippen molar-refractivity contribution < 1.29 is 19.1 Å². The van der Waals surface area contributed by atoms with E-state index >= 15 is 0 Å². The van der Waals surface area contributed by atoms with Gasteiger partial charge in [0.25, 0.3) is 0 Å². The van der Waals surface area contributed by atoms with Gasteiger partial charge < -0.3 is 4.74 Å². The van der Waals surface area contributed by atoms with Gasteiger partial charge in [-0.25, -0.2) is 9.69 Å². The van der Waals surface area contributed by atoms with Gasteiger partial charge in [-0.3, -0.25) is 9.59 Å². The molecular formula is C28H23NO4. The molecule has 0 unspecified atom stereocenters. The molecule has 7 rings (SSSR count). The zero-order chi connectivity index (χ0) is 22.9. The fourth-order valence-electron chi connectivity index (χ4n) is 6.44. The van der Waals surface area contributed by atoms with E-state index in [1.54, 1.807) is 31.2 Å². The Morgan fingerprint density at radius 3 is 2.09 bits per heavy atom. The molecule has 0 radical (unpaired) electrons. The summed E-state index contributed by atoms with van der Waals surface area (Å²) < 4.78 is 5.20. The van der Waals surface area contributed by atoms with E-state index in [0.29, 0.717) is 5.69 Å². The lowest BCUT2D eigenvalue weighted by Gasteiger charge is -2.52. The summed E-state index contributed by atoms with van der Waals surface area (Å²) >= 11 is 0. The van der Waals surface area contributed by atoms with E-state index in [1.165, 1.54) is 4.90 Å². The summed E-state index contributed by atoms with van der Waals surface area (Å²) in [5.41, 5.74) is 4.34. The number of para-hydroxylation sites is 1. The van der Waals surface area contributed by atoms with Gasteiger partial charge in [0.15, 0.2) is 0 Å². The van der Waals surface area contributed by atoms with Crippen LogP contribution in [0.4, 0.5) is 5.69 Å². The molecule has 2 amide bonds. The van der Waals surface area contributed by atoms with E-state index in [2.05, 4.69) is 31.2 Å². The first-order valence-electron chi connectivity index (χ1n) is 11.3. The number of hydrogen-bond acceptors (Lipinski definition) is 4. The highest BCUT2D eigenvalue weighted by Crippen LogP contribution is 2.64. The molecule has 0 aromatic heterocycles. The SMILES string of the molecule is CCOC(=O)c1ccccc1N1C(=O)[C@H]2C3c4ccccc4C(C)(c4ccccc43)[C@H]2C1=O. The van der Waals surface area contributed by atoms with Gasteiger partial charge in [-0.15, -0.1) is 0 Å². The first-order chi connectivity index (χ1) is 16.0. The molecule has 4 aliphatic rings. The normalized spacial score (nSPS) is 26.6. The minimum absolute atomic E-state index is 0.194. The van der Waals surface area contributed by atoms with Crippen LogP contribution in [0, 0.1) is 11.8 Å². The van der Waals surface area contributed by atoms with E-state index in [4.69, 9.17) is 4.74 Å². The molecule has 0 spiro atoms. The molecule has 2 bridgehead atoms. The zero-order valence-electron chi connectivity index (χ0n) is 18.4. The number of benzene rings is 3. The van der Waals surface area contributed by atoms with Crippen molar-refractivity contribution in [2.75, 3.05) is 11.5 Å². The second kappa shape index (κ2) is 6.88. The van der Waals surface area contributed by atoms with E-state index in [-0.39, 0.29) is 29.9 Å². The fourth-order valence-corrected chi connectivity index (χ4v) is 6.44. The molecule has 1 heterocycles. The maximum absolute atomic E-state index is 14.1. The number of rotatable bonds is 3. The number of nitrogens with zero attached hydrogens (tertiary/aromatic N) is 1. The first kappa shape index (κ1) is 19.9. The summed E-state index contributed by atoms with van der Waals surface area (Å²) in [6, 6.07) is 23.0. The maximum Gasteiger partial charge on any atom is 0.340 e. The third kappa shape index (κ3) is 2.39. The predicted molar refractivity (Wildman–Crippen MR) is 123 cm³/mol. The van der Waals surface area contributed by atoms with E-state index < -0.39 is 23.2 Å². The van der Waals surface area contributed by atoms with E-state index in [0.717, 1.165) is 22.3 Å². The number of anilines is 1. The summed E-state index contributed by atoms with van der Waals surface area (Å²) in [5.74, 6) is -2.28. The van der Waals surface area contributed by atoms with Gasteiger partial charge in [0.1, 0.15) is 0 Å². The number of ether oxygens (including phenoxy) is 1. The lowest BCUT2D eigenvalue weighted by atomic mass is 9.48. The first-order valence-corrected chi connectivity index (χ1v) is 11.3. The molecule has 1 saturated heterocycles. The van der Waals surface area contributed by atoms with Crippen molar-refractivity contribution in [3.8, 4) is 0 Å². The Morgan fingerprint density at radius 2 is 1.45 bits per heavy atom. The third-order valence-electron chi connectivity index (χ3n) is 7.68. The second-order valence-electron chi connectivity index (χ2n) is 9.11. The predicted octanol–water partition coefficient (Wildman–Crippen LogP) is 4.43. The van der Waals surface area contributed by atoms with Crippen molar-refractivity contribution in [1.29, 1.82) is 0 Å². The molecule has 5 nitrogen and oxygen atoms in total. The molecule has 5 heteroatoms. The van der Waals surface area contributed by atoms with Gasteiger partial charge in [-0.05, 0) is 41.3 Å². The van der Waals surface area contributed by atoms with Gasteiger partial charge in [0.2, 0.25) is 11.8 Å². The Kier molecular flexibility index (Phi) is 4.15. The summed E-state index contributed by atoms with van der Waals surface area (Å²) in [4.78, 5) is 41.9. The third-order valence-corrected chi connectivity index (χ3v) is 7.68. The lowest BCUT2D eigenvalue weighted by Crippen LogP contribution is -2.51. The van der Waals surface area contributed by atoms with Crippen molar-refractivity contribution in [2.24, 2.45) is 11.8 Å². The molecular weight excluding hydrogens is 414 g/mol. The van der Waals surface area contributed by atoms with Crippen LogP contribution in [-0.2, 0) is 19.7 Å². The molecule has 2 atom stereocenters. The Balaban J connectivity index is 1.56. The quantitative estimate of drug-likeness (QED) is 0.449. The van der Waals surface area contributed by atoms with Gasteiger partial charge in [0, 0.05) is 11.3 Å².